The maximum atomic E-state index is 6.04. The molecule has 1 aliphatic rings. The van der Waals surface area contributed by atoms with Gasteiger partial charge in [-0.1, -0.05) is 40.4 Å². The van der Waals surface area contributed by atoms with E-state index >= 15 is 0 Å². The summed E-state index contributed by atoms with van der Waals surface area (Å²) < 4.78 is 0. The van der Waals surface area contributed by atoms with E-state index in [9.17, 15) is 0 Å². The lowest BCUT2D eigenvalue weighted by Crippen LogP contribution is -2.04. The summed E-state index contributed by atoms with van der Waals surface area (Å²) in [6.07, 6.45) is 8.63. The van der Waals surface area contributed by atoms with Gasteiger partial charge in [0.05, 0.1) is 5.02 Å². The SMILES string of the molecule is Clc1cnccc1CC(Br)CC1CC1. The van der Waals surface area contributed by atoms with Crippen molar-refractivity contribution in [2.45, 2.75) is 30.5 Å². The van der Waals surface area contributed by atoms with E-state index in [2.05, 4.69) is 20.9 Å². The summed E-state index contributed by atoms with van der Waals surface area (Å²) in [4.78, 5) is 4.54. The van der Waals surface area contributed by atoms with E-state index in [1.54, 1.807) is 12.4 Å². The maximum Gasteiger partial charge on any atom is 0.0621 e. The number of alkyl halides is 1. The van der Waals surface area contributed by atoms with Crippen LogP contribution < -0.4 is 0 Å². The van der Waals surface area contributed by atoms with Crippen molar-refractivity contribution >= 4 is 27.5 Å². The Morgan fingerprint density at radius 3 is 3.00 bits per heavy atom. The van der Waals surface area contributed by atoms with Crippen LogP contribution in [0.15, 0.2) is 18.5 Å². The normalized spacial score (nSPS) is 18.1. The Kier molecular flexibility index (Phi) is 3.45. The van der Waals surface area contributed by atoms with Crippen LogP contribution in [0.4, 0.5) is 0 Å². The third kappa shape index (κ3) is 2.96. The molecule has 0 aromatic carbocycles. The largest absolute Gasteiger partial charge is 0.263 e. The lowest BCUT2D eigenvalue weighted by Gasteiger charge is -2.09. The zero-order valence-corrected chi connectivity index (χ0v) is 10.3. The van der Waals surface area contributed by atoms with E-state index in [0.29, 0.717) is 4.83 Å². The number of rotatable bonds is 4. The number of aromatic nitrogens is 1. The Balaban J connectivity index is 1.91. The van der Waals surface area contributed by atoms with Crippen molar-refractivity contribution in [3.8, 4) is 0 Å². The first-order valence-electron chi connectivity index (χ1n) is 4.98. The molecule has 1 fully saturated rings. The molecule has 1 aromatic rings. The number of pyridine rings is 1. The van der Waals surface area contributed by atoms with Crippen molar-refractivity contribution in [3.05, 3.63) is 29.0 Å². The summed E-state index contributed by atoms with van der Waals surface area (Å²) in [5.74, 6) is 0.958. The van der Waals surface area contributed by atoms with Crippen LogP contribution in [-0.4, -0.2) is 9.81 Å². The molecule has 1 aliphatic carbocycles. The van der Waals surface area contributed by atoms with Crippen molar-refractivity contribution in [2.75, 3.05) is 0 Å². The smallest absolute Gasteiger partial charge is 0.0621 e. The Hall–Kier alpha value is -0.0800. The predicted octanol–water partition coefficient (Wildman–Crippen LogP) is 3.84. The van der Waals surface area contributed by atoms with E-state index in [1.807, 2.05) is 6.07 Å². The molecular formula is C11H13BrClN. The standard InChI is InChI=1S/C11H13BrClN/c12-10(5-8-1-2-8)6-9-3-4-14-7-11(9)13/h3-4,7-8,10H,1-2,5-6H2. The Morgan fingerprint density at radius 2 is 2.36 bits per heavy atom. The molecule has 1 aromatic heterocycles. The zero-order valence-electron chi connectivity index (χ0n) is 7.92. The van der Waals surface area contributed by atoms with Crippen molar-refractivity contribution in [1.82, 2.24) is 4.98 Å². The molecule has 14 heavy (non-hydrogen) atoms. The monoisotopic (exact) mass is 273 g/mol. The van der Waals surface area contributed by atoms with Crippen LogP contribution >= 0.6 is 27.5 Å². The van der Waals surface area contributed by atoms with Crippen LogP contribution in [0, 0.1) is 5.92 Å². The number of hydrogen-bond donors (Lipinski definition) is 0. The third-order valence-electron chi connectivity index (χ3n) is 2.58. The van der Waals surface area contributed by atoms with Crippen LogP contribution in [0.2, 0.25) is 5.02 Å². The minimum absolute atomic E-state index is 0.565. The molecule has 0 saturated heterocycles. The third-order valence-corrected chi connectivity index (χ3v) is 3.62. The second-order valence-electron chi connectivity index (χ2n) is 3.95. The summed E-state index contributed by atoms with van der Waals surface area (Å²) >= 11 is 9.75. The number of halogens is 2. The van der Waals surface area contributed by atoms with Crippen LogP contribution in [0.3, 0.4) is 0 Å². The summed E-state index contributed by atoms with van der Waals surface area (Å²) in [6, 6.07) is 2.00. The molecule has 3 heteroatoms. The number of hydrogen-bond acceptors (Lipinski definition) is 1. The van der Waals surface area contributed by atoms with Gasteiger partial charge in [0.15, 0.2) is 0 Å². The number of nitrogens with zero attached hydrogens (tertiary/aromatic N) is 1. The topological polar surface area (TPSA) is 12.9 Å². The van der Waals surface area contributed by atoms with E-state index in [4.69, 9.17) is 11.6 Å². The van der Waals surface area contributed by atoms with Crippen LogP contribution in [0.5, 0.6) is 0 Å². The lowest BCUT2D eigenvalue weighted by molar-refractivity contribution is 0.690. The molecule has 1 unspecified atom stereocenters. The first-order valence-corrected chi connectivity index (χ1v) is 6.27. The van der Waals surface area contributed by atoms with Crippen molar-refractivity contribution in [3.63, 3.8) is 0 Å². The average Bonchev–Trinajstić information content (AvgIpc) is 2.93. The second-order valence-corrected chi connectivity index (χ2v) is 5.65. The molecule has 1 atom stereocenters. The first kappa shape index (κ1) is 10.4. The van der Waals surface area contributed by atoms with E-state index in [1.165, 1.54) is 24.8 Å². The molecule has 0 bridgehead atoms. The van der Waals surface area contributed by atoms with E-state index in [0.717, 1.165) is 17.4 Å². The van der Waals surface area contributed by atoms with Gasteiger partial charge in [-0.2, -0.15) is 0 Å². The summed E-state index contributed by atoms with van der Waals surface area (Å²) in [7, 11) is 0. The highest BCUT2D eigenvalue weighted by Crippen LogP contribution is 2.36. The zero-order chi connectivity index (χ0) is 9.97. The molecule has 1 saturated carbocycles. The molecule has 2 rings (SSSR count). The Bertz CT molecular complexity index is 312. The van der Waals surface area contributed by atoms with Gasteiger partial charge in [0.1, 0.15) is 0 Å². The van der Waals surface area contributed by atoms with Crippen molar-refractivity contribution in [2.24, 2.45) is 5.92 Å². The molecule has 1 nitrogen and oxygen atoms in total. The predicted molar refractivity (Wildman–Crippen MR) is 63.0 cm³/mol. The minimum atomic E-state index is 0.565. The Morgan fingerprint density at radius 1 is 1.57 bits per heavy atom. The molecule has 0 amide bonds. The van der Waals surface area contributed by atoms with Crippen molar-refractivity contribution < 1.29 is 0 Å². The van der Waals surface area contributed by atoms with Gasteiger partial charge in [-0.3, -0.25) is 4.98 Å². The van der Waals surface area contributed by atoms with Gasteiger partial charge in [-0.05, 0) is 30.4 Å². The van der Waals surface area contributed by atoms with Crippen LogP contribution in [0.25, 0.3) is 0 Å². The Labute approximate surface area is 98.0 Å². The minimum Gasteiger partial charge on any atom is -0.263 e. The summed E-state index contributed by atoms with van der Waals surface area (Å²) in [5.41, 5.74) is 1.20. The highest BCUT2D eigenvalue weighted by molar-refractivity contribution is 9.09. The van der Waals surface area contributed by atoms with Gasteiger partial charge in [0.2, 0.25) is 0 Å². The fraction of sp³-hybridized carbons (Fsp3) is 0.545. The van der Waals surface area contributed by atoms with Crippen molar-refractivity contribution in [1.29, 1.82) is 0 Å². The van der Waals surface area contributed by atoms with Gasteiger partial charge in [0.25, 0.3) is 0 Å². The molecule has 0 aliphatic heterocycles. The molecule has 0 spiro atoms. The molecular weight excluding hydrogens is 261 g/mol. The highest BCUT2D eigenvalue weighted by atomic mass is 79.9. The fourth-order valence-electron chi connectivity index (χ4n) is 1.61. The van der Waals surface area contributed by atoms with E-state index in [-0.39, 0.29) is 0 Å². The highest BCUT2D eigenvalue weighted by Gasteiger charge is 2.24. The van der Waals surface area contributed by atoms with Gasteiger partial charge in [-0.25, -0.2) is 0 Å². The van der Waals surface area contributed by atoms with Gasteiger partial charge < -0.3 is 0 Å². The molecule has 0 radical (unpaired) electrons. The quantitative estimate of drug-likeness (QED) is 0.760. The van der Waals surface area contributed by atoms with Gasteiger partial charge in [0, 0.05) is 17.2 Å². The molecule has 1 heterocycles. The summed E-state index contributed by atoms with van der Waals surface area (Å²) in [5, 5.41) is 0.785. The lowest BCUT2D eigenvalue weighted by atomic mass is 10.1. The molecule has 0 N–H and O–H groups in total. The fourth-order valence-corrected chi connectivity index (χ4v) is 2.68. The van der Waals surface area contributed by atoms with Gasteiger partial charge in [-0.15, -0.1) is 0 Å². The summed E-state index contributed by atoms with van der Waals surface area (Å²) in [6.45, 7) is 0. The van der Waals surface area contributed by atoms with Crippen LogP contribution in [0.1, 0.15) is 24.8 Å². The van der Waals surface area contributed by atoms with Gasteiger partial charge >= 0.3 is 0 Å². The van der Waals surface area contributed by atoms with Crippen LogP contribution in [-0.2, 0) is 6.42 Å². The average molecular weight is 275 g/mol. The second kappa shape index (κ2) is 4.63. The molecule has 76 valence electrons. The maximum absolute atomic E-state index is 6.04. The van der Waals surface area contributed by atoms with E-state index < -0.39 is 0 Å². The first-order chi connectivity index (χ1) is 6.75.